The summed E-state index contributed by atoms with van der Waals surface area (Å²) in [5, 5.41) is 0. The van der Waals surface area contributed by atoms with E-state index >= 15 is 0 Å². The summed E-state index contributed by atoms with van der Waals surface area (Å²) >= 11 is 0. The van der Waals surface area contributed by atoms with E-state index in [-0.39, 0.29) is 0 Å². The van der Waals surface area contributed by atoms with Gasteiger partial charge in [0.25, 0.3) is 0 Å². The minimum Gasteiger partial charge on any atom is -0.0950 e. The van der Waals surface area contributed by atoms with Crippen molar-refractivity contribution in [3.05, 3.63) is 84.0 Å². The van der Waals surface area contributed by atoms with Crippen LogP contribution in [0.2, 0.25) is 0 Å². The third-order valence-corrected chi connectivity index (χ3v) is 4.92. The number of hydrogen-bond acceptors (Lipinski definition) is 0. The lowest BCUT2D eigenvalue weighted by Gasteiger charge is -2.29. The molecule has 1 atom stereocenters. The summed E-state index contributed by atoms with van der Waals surface area (Å²) in [5.41, 5.74) is 9.50. The van der Waals surface area contributed by atoms with Crippen LogP contribution >= 0.6 is 0 Å². The van der Waals surface area contributed by atoms with Gasteiger partial charge < -0.3 is 0 Å². The molecule has 0 nitrogen and oxygen atoms in total. The van der Waals surface area contributed by atoms with E-state index in [1.54, 1.807) is 0 Å². The summed E-state index contributed by atoms with van der Waals surface area (Å²) in [5.74, 6) is 0.459. The first kappa shape index (κ1) is 13.9. The number of allylic oxidation sites excluding steroid dienone is 6. The standard InChI is InChI=1S/C21H22/c1-13-8-6-9-18-12-21-19(16(4)14(13)2)10-7-11-20(21)17(5)15(18)3/h7,9-11,13H,2-6,8,12H2,1H3/b18-9+. The molecule has 1 aromatic carbocycles. The molecule has 0 heterocycles. The van der Waals surface area contributed by atoms with E-state index in [4.69, 9.17) is 0 Å². The summed E-state index contributed by atoms with van der Waals surface area (Å²) in [7, 11) is 0. The SMILES string of the molecule is C=C1C(=C)c2cccc3c2C/C1=C\CCC(C)C(=C)C3=C. The first-order valence-electron chi connectivity index (χ1n) is 7.59. The number of fused-ring (bicyclic) bond motifs is 1. The highest BCUT2D eigenvalue weighted by Crippen LogP contribution is 2.42. The highest BCUT2D eigenvalue weighted by molar-refractivity contribution is 5.90. The van der Waals surface area contributed by atoms with Gasteiger partial charge in [0.1, 0.15) is 0 Å². The monoisotopic (exact) mass is 274 g/mol. The van der Waals surface area contributed by atoms with Crippen LogP contribution in [0.3, 0.4) is 0 Å². The fraction of sp³-hybridized carbons (Fsp3) is 0.238. The lowest BCUT2D eigenvalue weighted by Crippen LogP contribution is -2.12. The van der Waals surface area contributed by atoms with Crippen molar-refractivity contribution < 1.29 is 0 Å². The van der Waals surface area contributed by atoms with Gasteiger partial charge in [-0.15, -0.1) is 0 Å². The first-order chi connectivity index (χ1) is 10.0. The molecule has 2 aliphatic rings. The third kappa shape index (κ3) is 2.15. The van der Waals surface area contributed by atoms with Gasteiger partial charge in [0.05, 0.1) is 0 Å². The maximum Gasteiger partial charge on any atom is -0.00107 e. The molecule has 0 aliphatic heterocycles. The van der Waals surface area contributed by atoms with Crippen LogP contribution in [-0.2, 0) is 6.42 Å². The Morgan fingerprint density at radius 3 is 2.33 bits per heavy atom. The van der Waals surface area contributed by atoms with Gasteiger partial charge in [-0.25, -0.2) is 0 Å². The summed E-state index contributed by atoms with van der Waals surface area (Å²) in [6.45, 7) is 19.4. The second kappa shape index (κ2) is 5.04. The Labute approximate surface area is 127 Å². The zero-order valence-corrected chi connectivity index (χ0v) is 12.8. The predicted octanol–water partition coefficient (Wildman–Crippen LogP) is 5.74. The predicted molar refractivity (Wildman–Crippen MR) is 93.0 cm³/mol. The van der Waals surface area contributed by atoms with E-state index in [1.165, 1.54) is 22.3 Å². The van der Waals surface area contributed by atoms with Crippen molar-refractivity contribution in [3.63, 3.8) is 0 Å². The van der Waals surface area contributed by atoms with E-state index in [9.17, 15) is 0 Å². The van der Waals surface area contributed by atoms with E-state index in [0.29, 0.717) is 5.92 Å². The molecule has 1 unspecified atom stereocenters. The molecule has 0 spiro atoms. The molecule has 3 rings (SSSR count). The Morgan fingerprint density at radius 2 is 1.62 bits per heavy atom. The normalized spacial score (nSPS) is 24.6. The average molecular weight is 274 g/mol. The van der Waals surface area contributed by atoms with Crippen molar-refractivity contribution in [2.24, 2.45) is 5.92 Å². The van der Waals surface area contributed by atoms with Gasteiger partial charge in [-0.2, -0.15) is 0 Å². The molecule has 0 N–H and O–H groups in total. The average Bonchev–Trinajstić information content (AvgIpc) is 2.49. The summed E-state index contributed by atoms with van der Waals surface area (Å²) in [6.07, 6.45) is 5.44. The van der Waals surface area contributed by atoms with Crippen molar-refractivity contribution in [1.29, 1.82) is 0 Å². The Hall–Kier alpha value is -2.08. The van der Waals surface area contributed by atoms with Gasteiger partial charge in [0.2, 0.25) is 0 Å². The molecule has 21 heavy (non-hydrogen) atoms. The van der Waals surface area contributed by atoms with Crippen molar-refractivity contribution in [2.75, 3.05) is 0 Å². The zero-order valence-electron chi connectivity index (χ0n) is 12.8. The Kier molecular flexibility index (Phi) is 3.33. The zero-order chi connectivity index (χ0) is 15.1. The molecule has 0 amide bonds. The van der Waals surface area contributed by atoms with Gasteiger partial charge >= 0.3 is 0 Å². The molecule has 0 aromatic heterocycles. The molecule has 0 saturated heterocycles. The van der Waals surface area contributed by atoms with Gasteiger partial charge in [-0.05, 0) is 69.7 Å². The van der Waals surface area contributed by atoms with Crippen molar-refractivity contribution in [3.8, 4) is 0 Å². The minimum absolute atomic E-state index is 0.459. The topological polar surface area (TPSA) is 0 Å². The smallest absolute Gasteiger partial charge is 0.00107 e. The molecule has 2 aliphatic carbocycles. The van der Waals surface area contributed by atoms with Crippen molar-refractivity contribution >= 4 is 11.1 Å². The molecule has 2 bridgehead atoms. The fourth-order valence-corrected chi connectivity index (χ4v) is 3.34. The van der Waals surface area contributed by atoms with Crippen LogP contribution < -0.4 is 0 Å². The molecule has 106 valence electrons. The minimum atomic E-state index is 0.459. The Morgan fingerprint density at radius 1 is 0.952 bits per heavy atom. The van der Waals surface area contributed by atoms with E-state index < -0.39 is 0 Å². The maximum absolute atomic E-state index is 4.32. The maximum atomic E-state index is 4.32. The summed E-state index contributed by atoms with van der Waals surface area (Å²) in [6, 6.07) is 6.41. The Balaban J connectivity index is 2.26. The molecular weight excluding hydrogens is 252 g/mol. The fourth-order valence-electron chi connectivity index (χ4n) is 3.34. The molecule has 1 aromatic rings. The van der Waals surface area contributed by atoms with Crippen LogP contribution in [0.15, 0.2) is 67.3 Å². The highest BCUT2D eigenvalue weighted by atomic mass is 14.3. The molecular formula is C21H22. The van der Waals surface area contributed by atoms with E-state index in [2.05, 4.69) is 57.5 Å². The summed E-state index contributed by atoms with van der Waals surface area (Å²) in [4.78, 5) is 0. The largest absolute Gasteiger partial charge is 0.0950 e. The molecule has 0 saturated carbocycles. The first-order valence-corrected chi connectivity index (χ1v) is 7.59. The second-order valence-electron chi connectivity index (χ2n) is 6.18. The van der Waals surface area contributed by atoms with Crippen LogP contribution in [0.4, 0.5) is 0 Å². The van der Waals surface area contributed by atoms with Crippen LogP contribution in [0, 0.1) is 5.92 Å². The lowest BCUT2D eigenvalue weighted by atomic mass is 9.75. The van der Waals surface area contributed by atoms with Gasteiger partial charge in [0, 0.05) is 0 Å². The quantitative estimate of drug-likeness (QED) is 0.566. The van der Waals surface area contributed by atoms with Crippen LogP contribution in [-0.4, -0.2) is 0 Å². The highest BCUT2D eigenvalue weighted by Gasteiger charge is 2.24. The van der Waals surface area contributed by atoms with E-state index in [1.807, 2.05) is 0 Å². The second-order valence-corrected chi connectivity index (χ2v) is 6.18. The van der Waals surface area contributed by atoms with Crippen LogP contribution in [0.1, 0.15) is 36.5 Å². The van der Waals surface area contributed by atoms with Gasteiger partial charge in [-0.1, -0.05) is 57.5 Å². The lowest BCUT2D eigenvalue weighted by molar-refractivity contribution is 0.636. The van der Waals surface area contributed by atoms with E-state index in [0.717, 1.165) is 41.6 Å². The molecule has 0 radical (unpaired) electrons. The van der Waals surface area contributed by atoms with Crippen LogP contribution in [0.25, 0.3) is 11.1 Å². The number of benzene rings is 1. The van der Waals surface area contributed by atoms with Gasteiger partial charge in [0.15, 0.2) is 0 Å². The molecule has 0 fully saturated rings. The number of rotatable bonds is 0. The summed E-state index contributed by atoms with van der Waals surface area (Å²) < 4.78 is 0. The molecule has 0 heteroatoms. The van der Waals surface area contributed by atoms with Crippen molar-refractivity contribution in [2.45, 2.75) is 26.2 Å². The van der Waals surface area contributed by atoms with Crippen molar-refractivity contribution in [1.82, 2.24) is 0 Å². The Bertz CT molecular complexity index is 710. The number of hydrogen-bond donors (Lipinski definition) is 0. The van der Waals surface area contributed by atoms with Gasteiger partial charge in [-0.3, -0.25) is 0 Å². The van der Waals surface area contributed by atoms with Crippen LogP contribution in [0.5, 0.6) is 0 Å². The third-order valence-electron chi connectivity index (χ3n) is 4.92.